The SMILES string of the molecule is O=C(COC(F)(F)F)Nc1c(F)ccc(NC(=O)c2ccccc2)c1F. The number of halogens is 5. The van der Waals surface area contributed by atoms with Gasteiger partial charge >= 0.3 is 6.36 Å². The van der Waals surface area contributed by atoms with Gasteiger partial charge in [0.25, 0.3) is 11.8 Å². The zero-order chi connectivity index (χ0) is 19.3. The molecule has 2 N–H and O–H groups in total. The first-order valence-electron chi connectivity index (χ1n) is 7.02. The lowest BCUT2D eigenvalue weighted by Gasteiger charge is -2.13. The molecule has 0 radical (unpaired) electrons. The van der Waals surface area contributed by atoms with E-state index in [1.54, 1.807) is 23.5 Å². The maximum Gasteiger partial charge on any atom is 0.523 e. The molecule has 0 bridgehead atoms. The van der Waals surface area contributed by atoms with Crippen LogP contribution in [0, 0.1) is 11.6 Å². The normalized spacial score (nSPS) is 11.1. The number of nitrogens with one attached hydrogen (secondary N) is 2. The second-order valence-electron chi connectivity index (χ2n) is 4.89. The molecule has 0 heterocycles. The molecule has 2 amide bonds. The van der Waals surface area contributed by atoms with Crippen molar-refractivity contribution < 1.29 is 36.3 Å². The molecule has 0 fully saturated rings. The van der Waals surface area contributed by atoms with Gasteiger partial charge in [0.05, 0.1) is 5.69 Å². The molecular weight excluding hydrogens is 363 g/mol. The second kappa shape index (κ2) is 7.91. The average molecular weight is 374 g/mol. The minimum Gasteiger partial charge on any atom is -0.319 e. The van der Waals surface area contributed by atoms with Crippen molar-refractivity contribution in [3.05, 3.63) is 59.7 Å². The summed E-state index contributed by atoms with van der Waals surface area (Å²) in [4.78, 5) is 23.4. The van der Waals surface area contributed by atoms with E-state index >= 15 is 0 Å². The van der Waals surface area contributed by atoms with Crippen molar-refractivity contribution in [3.8, 4) is 0 Å². The summed E-state index contributed by atoms with van der Waals surface area (Å²) in [5.74, 6) is -4.71. The van der Waals surface area contributed by atoms with Gasteiger partial charge in [0.1, 0.15) is 18.1 Å². The van der Waals surface area contributed by atoms with Gasteiger partial charge in [-0.2, -0.15) is 0 Å². The number of benzene rings is 2. The molecule has 5 nitrogen and oxygen atoms in total. The van der Waals surface area contributed by atoms with Crippen molar-refractivity contribution in [2.75, 3.05) is 17.2 Å². The lowest BCUT2D eigenvalue weighted by Crippen LogP contribution is -2.25. The van der Waals surface area contributed by atoms with Crippen LogP contribution in [0.15, 0.2) is 42.5 Å². The van der Waals surface area contributed by atoms with Gasteiger partial charge in [-0.25, -0.2) is 8.78 Å². The van der Waals surface area contributed by atoms with Gasteiger partial charge in [0, 0.05) is 5.56 Å². The van der Waals surface area contributed by atoms with Crippen LogP contribution < -0.4 is 10.6 Å². The van der Waals surface area contributed by atoms with E-state index in [4.69, 9.17) is 0 Å². The van der Waals surface area contributed by atoms with Crippen molar-refractivity contribution in [2.45, 2.75) is 6.36 Å². The third kappa shape index (κ3) is 5.24. The van der Waals surface area contributed by atoms with Crippen LogP contribution in [-0.2, 0) is 9.53 Å². The van der Waals surface area contributed by atoms with Gasteiger partial charge in [-0.3, -0.25) is 14.3 Å². The smallest absolute Gasteiger partial charge is 0.319 e. The maximum absolute atomic E-state index is 14.3. The van der Waals surface area contributed by atoms with Crippen LogP contribution >= 0.6 is 0 Å². The van der Waals surface area contributed by atoms with E-state index in [0.29, 0.717) is 0 Å². The Labute approximate surface area is 143 Å². The molecule has 0 aromatic heterocycles. The summed E-state index contributed by atoms with van der Waals surface area (Å²) in [6.45, 7) is -1.48. The summed E-state index contributed by atoms with van der Waals surface area (Å²) in [6.07, 6.45) is -5.07. The third-order valence-corrected chi connectivity index (χ3v) is 3.01. The van der Waals surface area contributed by atoms with Crippen molar-refractivity contribution in [1.82, 2.24) is 0 Å². The Morgan fingerprint density at radius 2 is 1.62 bits per heavy atom. The van der Waals surface area contributed by atoms with Crippen molar-refractivity contribution in [1.29, 1.82) is 0 Å². The van der Waals surface area contributed by atoms with E-state index < -0.39 is 47.8 Å². The van der Waals surface area contributed by atoms with Gasteiger partial charge in [-0.15, -0.1) is 13.2 Å². The standard InChI is InChI=1S/C16H11F5N2O3/c17-10-6-7-11(22-15(25)9-4-2-1-3-5-9)13(18)14(10)23-12(24)8-26-16(19,20)21/h1-7H,8H2,(H,22,25)(H,23,24). The minimum absolute atomic E-state index is 0.195. The highest BCUT2D eigenvalue weighted by atomic mass is 19.4. The topological polar surface area (TPSA) is 67.4 Å². The Morgan fingerprint density at radius 3 is 2.23 bits per heavy atom. The monoisotopic (exact) mass is 374 g/mol. The Morgan fingerprint density at radius 1 is 0.962 bits per heavy atom. The molecule has 0 saturated carbocycles. The number of ether oxygens (including phenoxy) is 1. The Kier molecular flexibility index (Phi) is 5.88. The van der Waals surface area contributed by atoms with Crippen molar-refractivity contribution >= 4 is 23.2 Å². The fourth-order valence-corrected chi connectivity index (χ4v) is 1.87. The molecule has 10 heteroatoms. The summed E-state index contributed by atoms with van der Waals surface area (Å²) in [5.41, 5.74) is -1.28. The third-order valence-electron chi connectivity index (χ3n) is 3.01. The number of hydrogen-bond donors (Lipinski definition) is 2. The maximum atomic E-state index is 14.3. The summed E-state index contributed by atoms with van der Waals surface area (Å²) in [7, 11) is 0. The molecular formula is C16H11F5N2O3. The van der Waals surface area contributed by atoms with Gasteiger partial charge < -0.3 is 10.6 Å². The van der Waals surface area contributed by atoms with Gasteiger partial charge in [-0.1, -0.05) is 18.2 Å². The van der Waals surface area contributed by atoms with Crippen LogP contribution in [0.25, 0.3) is 0 Å². The minimum atomic E-state index is -5.07. The first kappa shape index (κ1) is 19.3. The van der Waals surface area contributed by atoms with E-state index in [9.17, 15) is 31.5 Å². The first-order chi connectivity index (χ1) is 12.2. The predicted octanol–water partition coefficient (Wildman–Crippen LogP) is 3.69. The average Bonchev–Trinajstić information content (AvgIpc) is 2.59. The van der Waals surface area contributed by atoms with Gasteiger partial charge in [0.15, 0.2) is 5.82 Å². The van der Waals surface area contributed by atoms with E-state index in [0.717, 1.165) is 12.1 Å². The molecule has 138 valence electrons. The van der Waals surface area contributed by atoms with Crippen LogP contribution in [0.4, 0.5) is 33.3 Å². The fraction of sp³-hybridized carbons (Fsp3) is 0.125. The molecule has 26 heavy (non-hydrogen) atoms. The molecule has 0 spiro atoms. The molecule has 2 rings (SSSR count). The highest BCUT2D eigenvalue weighted by molar-refractivity contribution is 6.04. The van der Waals surface area contributed by atoms with Gasteiger partial charge in [-0.05, 0) is 24.3 Å². The summed E-state index contributed by atoms with van der Waals surface area (Å²) < 4.78 is 66.9. The first-order valence-corrected chi connectivity index (χ1v) is 7.02. The van der Waals surface area contributed by atoms with Gasteiger partial charge in [0.2, 0.25) is 0 Å². The molecule has 0 aliphatic rings. The molecule has 2 aromatic rings. The zero-order valence-electron chi connectivity index (χ0n) is 12.9. The molecule has 0 aliphatic carbocycles. The van der Waals surface area contributed by atoms with Crippen LogP contribution in [0.1, 0.15) is 10.4 Å². The lowest BCUT2D eigenvalue weighted by atomic mass is 10.2. The number of alkyl halides is 3. The molecule has 0 unspecified atom stereocenters. The number of rotatable bonds is 5. The summed E-state index contributed by atoms with van der Waals surface area (Å²) in [6, 6.07) is 9.36. The van der Waals surface area contributed by atoms with Crippen LogP contribution in [-0.4, -0.2) is 24.8 Å². The van der Waals surface area contributed by atoms with Crippen LogP contribution in [0.5, 0.6) is 0 Å². The fourth-order valence-electron chi connectivity index (χ4n) is 1.87. The summed E-state index contributed by atoms with van der Waals surface area (Å²) >= 11 is 0. The van der Waals surface area contributed by atoms with Crippen LogP contribution in [0.3, 0.4) is 0 Å². The van der Waals surface area contributed by atoms with E-state index in [1.165, 1.54) is 12.1 Å². The lowest BCUT2D eigenvalue weighted by molar-refractivity contribution is -0.320. The number of amides is 2. The van der Waals surface area contributed by atoms with E-state index in [1.807, 2.05) is 0 Å². The predicted molar refractivity (Wildman–Crippen MR) is 81.4 cm³/mol. The van der Waals surface area contributed by atoms with Crippen LogP contribution in [0.2, 0.25) is 0 Å². The number of hydrogen-bond acceptors (Lipinski definition) is 3. The molecule has 0 aliphatic heterocycles. The number of carbonyl (C=O) groups is 2. The number of anilines is 2. The van der Waals surface area contributed by atoms with E-state index in [2.05, 4.69) is 10.1 Å². The van der Waals surface area contributed by atoms with E-state index in [-0.39, 0.29) is 5.56 Å². The molecule has 2 aromatic carbocycles. The number of carbonyl (C=O) groups excluding carboxylic acids is 2. The quantitative estimate of drug-likeness (QED) is 0.785. The zero-order valence-corrected chi connectivity index (χ0v) is 12.9. The highest BCUT2D eigenvalue weighted by Gasteiger charge is 2.30. The largest absolute Gasteiger partial charge is 0.523 e. The van der Waals surface area contributed by atoms with Crippen molar-refractivity contribution in [2.24, 2.45) is 0 Å². The molecule has 0 atom stereocenters. The van der Waals surface area contributed by atoms with Crippen molar-refractivity contribution in [3.63, 3.8) is 0 Å². The Hall–Kier alpha value is -3.01. The Bertz CT molecular complexity index is 810. The highest BCUT2D eigenvalue weighted by Crippen LogP contribution is 2.26. The second-order valence-corrected chi connectivity index (χ2v) is 4.89. The summed E-state index contributed by atoms with van der Waals surface area (Å²) in [5, 5.41) is 3.82. The molecule has 0 saturated heterocycles. The Balaban J connectivity index is 2.15.